The maximum atomic E-state index is 11.3. The van der Waals surface area contributed by atoms with Gasteiger partial charge in [0.25, 0.3) is 0 Å². The number of benzene rings is 1. The highest BCUT2D eigenvalue weighted by atomic mass is 16.4. The monoisotopic (exact) mass is 250 g/mol. The molecule has 100 valence electrons. The molecule has 1 unspecified atom stereocenters. The molecule has 0 bridgehead atoms. The molecule has 3 N–H and O–H groups in total. The van der Waals surface area contributed by atoms with Crippen molar-refractivity contribution in [1.29, 1.82) is 0 Å². The average Bonchev–Trinajstić information content (AvgIpc) is 2.37. The Morgan fingerprint density at radius 3 is 2.56 bits per heavy atom. The quantitative estimate of drug-likeness (QED) is 0.737. The van der Waals surface area contributed by atoms with E-state index in [4.69, 9.17) is 5.73 Å². The maximum Gasteiger partial charge on any atom is 0.320 e. The smallest absolute Gasteiger partial charge is 0.320 e. The normalized spacial score (nSPS) is 12.6. The van der Waals surface area contributed by atoms with Gasteiger partial charge in [-0.3, -0.25) is 9.69 Å². The molecule has 1 atom stereocenters. The first-order valence-electron chi connectivity index (χ1n) is 6.39. The lowest BCUT2D eigenvalue weighted by molar-refractivity contribution is -0.143. The summed E-state index contributed by atoms with van der Waals surface area (Å²) in [5, 5.41) is 9.25. The van der Waals surface area contributed by atoms with Gasteiger partial charge in [-0.2, -0.15) is 0 Å². The first kappa shape index (κ1) is 14.7. The molecular formula is C14H22N2O2. The third-order valence-electron chi connectivity index (χ3n) is 2.99. The minimum atomic E-state index is -0.759. The summed E-state index contributed by atoms with van der Waals surface area (Å²) in [6, 6.07) is 9.50. The van der Waals surface area contributed by atoms with E-state index < -0.39 is 12.0 Å². The number of hydrogen-bond acceptors (Lipinski definition) is 3. The first-order chi connectivity index (χ1) is 8.69. The highest BCUT2D eigenvalue weighted by Gasteiger charge is 2.23. The van der Waals surface area contributed by atoms with Crippen LogP contribution in [0.25, 0.3) is 0 Å². The molecule has 0 aliphatic carbocycles. The summed E-state index contributed by atoms with van der Waals surface area (Å²) in [6.45, 7) is 3.86. The lowest BCUT2D eigenvalue weighted by atomic mass is 10.1. The number of rotatable bonds is 8. The lowest BCUT2D eigenvalue weighted by Gasteiger charge is -2.28. The second-order valence-corrected chi connectivity index (χ2v) is 4.36. The van der Waals surface area contributed by atoms with Crippen LogP contribution in [0.5, 0.6) is 0 Å². The van der Waals surface area contributed by atoms with Gasteiger partial charge in [0.2, 0.25) is 0 Å². The predicted molar refractivity (Wildman–Crippen MR) is 72.2 cm³/mol. The Labute approximate surface area is 108 Å². The molecule has 0 fully saturated rings. The second kappa shape index (κ2) is 7.84. The minimum Gasteiger partial charge on any atom is -0.480 e. The van der Waals surface area contributed by atoms with Crippen molar-refractivity contribution in [2.24, 2.45) is 5.73 Å². The highest BCUT2D eigenvalue weighted by molar-refractivity contribution is 5.73. The van der Waals surface area contributed by atoms with Crippen LogP contribution in [-0.2, 0) is 11.3 Å². The fraction of sp³-hybridized carbons (Fsp3) is 0.500. The van der Waals surface area contributed by atoms with Gasteiger partial charge in [-0.05, 0) is 24.9 Å². The van der Waals surface area contributed by atoms with E-state index in [1.165, 1.54) is 0 Å². The summed E-state index contributed by atoms with van der Waals surface area (Å²) < 4.78 is 0. The van der Waals surface area contributed by atoms with Crippen LogP contribution >= 0.6 is 0 Å². The van der Waals surface area contributed by atoms with Crippen molar-refractivity contribution in [1.82, 2.24) is 4.90 Å². The van der Waals surface area contributed by atoms with Crippen LogP contribution in [0.15, 0.2) is 30.3 Å². The zero-order valence-corrected chi connectivity index (χ0v) is 10.9. The Morgan fingerprint density at radius 1 is 1.39 bits per heavy atom. The van der Waals surface area contributed by atoms with Gasteiger partial charge in [-0.1, -0.05) is 37.3 Å². The summed E-state index contributed by atoms with van der Waals surface area (Å²) in [5.74, 6) is -0.759. The van der Waals surface area contributed by atoms with Gasteiger partial charge in [0.05, 0.1) is 0 Å². The Hall–Kier alpha value is -1.39. The van der Waals surface area contributed by atoms with E-state index >= 15 is 0 Å². The first-order valence-corrected chi connectivity index (χ1v) is 6.39. The van der Waals surface area contributed by atoms with Gasteiger partial charge in [0, 0.05) is 13.1 Å². The fourth-order valence-corrected chi connectivity index (χ4v) is 2.05. The Bertz CT molecular complexity index is 354. The van der Waals surface area contributed by atoms with Crippen LogP contribution in [0, 0.1) is 0 Å². The summed E-state index contributed by atoms with van der Waals surface area (Å²) in [5.41, 5.74) is 6.65. The van der Waals surface area contributed by atoms with Crippen molar-refractivity contribution in [3.8, 4) is 0 Å². The van der Waals surface area contributed by atoms with Crippen LogP contribution in [0.3, 0.4) is 0 Å². The Morgan fingerprint density at radius 2 is 2.06 bits per heavy atom. The van der Waals surface area contributed by atoms with E-state index in [1.54, 1.807) is 0 Å². The standard InChI is InChI=1S/C14H22N2O2/c1-2-13(14(17)18)16(10-6-9-15)11-12-7-4-3-5-8-12/h3-5,7-8,13H,2,6,9-11,15H2,1H3,(H,17,18). The molecule has 0 amide bonds. The van der Waals surface area contributed by atoms with Crippen molar-refractivity contribution in [2.45, 2.75) is 32.4 Å². The third kappa shape index (κ3) is 4.47. The van der Waals surface area contributed by atoms with Gasteiger partial charge in [-0.25, -0.2) is 0 Å². The average molecular weight is 250 g/mol. The number of carboxylic acids is 1. The molecular weight excluding hydrogens is 228 g/mol. The molecule has 4 nitrogen and oxygen atoms in total. The highest BCUT2D eigenvalue weighted by Crippen LogP contribution is 2.11. The van der Waals surface area contributed by atoms with E-state index in [1.807, 2.05) is 42.2 Å². The topological polar surface area (TPSA) is 66.6 Å². The molecule has 4 heteroatoms. The molecule has 1 rings (SSSR count). The van der Waals surface area contributed by atoms with Crippen LogP contribution in [-0.4, -0.2) is 35.1 Å². The van der Waals surface area contributed by atoms with E-state index in [0.29, 0.717) is 19.5 Å². The molecule has 0 heterocycles. The Balaban J connectivity index is 2.74. The third-order valence-corrected chi connectivity index (χ3v) is 2.99. The van der Waals surface area contributed by atoms with E-state index in [9.17, 15) is 9.90 Å². The molecule has 0 radical (unpaired) electrons. The van der Waals surface area contributed by atoms with Crippen LogP contribution in [0.1, 0.15) is 25.3 Å². The number of carboxylic acid groups (broad SMARTS) is 1. The molecule has 1 aromatic rings. The molecule has 0 saturated heterocycles. The van der Waals surface area contributed by atoms with Crippen LogP contribution < -0.4 is 5.73 Å². The van der Waals surface area contributed by atoms with Crippen molar-refractivity contribution in [3.63, 3.8) is 0 Å². The van der Waals surface area contributed by atoms with E-state index in [0.717, 1.165) is 18.5 Å². The molecule has 1 aromatic carbocycles. The van der Waals surface area contributed by atoms with Gasteiger partial charge in [-0.15, -0.1) is 0 Å². The summed E-state index contributed by atoms with van der Waals surface area (Å²) >= 11 is 0. The molecule has 0 aliphatic heterocycles. The number of nitrogens with two attached hydrogens (primary N) is 1. The molecule has 0 spiro atoms. The van der Waals surface area contributed by atoms with Crippen LogP contribution in [0.4, 0.5) is 0 Å². The van der Waals surface area contributed by atoms with Crippen molar-refractivity contribution in [2.75, 3.05) is 13.1 Å². The van der Waals surface area contributed by atoms with Crippen molar-refractivity contribution < 1.29 is 9.90 Å². The molecule has 0 aromatic heterocycles. The lowest BCUT2D eigenvalue weighted by Crippen LogP contribution is -2.41. The van der Waals surface area contributed by atoms with Crippen molar-refractivity contribution >= 4 is 5.97 Å². The zero-order chi connectivity index (χ0) is 13.4. The summed E-state index contributed by atoms with van der Waals surface area (Å²) in [4.78, 5) is 13.2. The van der Waals surface area contributed by atoms with Gasteiger partial charge >= 0.3 is 5.97 Å². The number of hydrogen-bond donors (Lipinski definition) is 2. The van der Waals surface area contributed by atoms with Crippen LogP contribution in [0.2, 0.25) is 0 Å². The molecule has 0 saturated carbocycles. The number of nitrogens with zero attached hydrogens (tertiary/aromatic N) is 1. The zero-order valence-electron chi connectivity index (χ0n) is 10.9. The maximum absolute atomic E-state index is 11.3. The molecule has 0 aliphatic rings. The van der Waals surface area contributed by atoms with Gasteiger partial charge in [0.1, 0.15) is 6.04 Å². The van der Waals surface area contributed by atoms with E-state index in [2.05, 4.69) is 0 Å². The number of carbonyl (C=O) groups is 1. The largest absolute Gasteiger partial charge is 0.480 e. The molecule has 18 heavy (non-hydrogen) atoms. The van der Waals surface area contributed by atoms with Gasteiger partial charge in [0.15, 0.2) is 0 Å². The van der Waals surface area contributed by atoms with Gasteiger partial charge < -0.3 is 10.8 Å². The minimum absolute atomic E-state index is 0.434. The predicted octanol–water partition coefficient (Wildman–Crippen LogP) is 1.70. The SMILES string of the molecule is CCC(C(=O)O)N(CCCN)Cc1ccccc1. The Kier molecular flexibility index (Phi) is 6.39. The summed E-state index contributed by atoms with van der Waals surface area (Å²) in [6.07, 6.45) is 1.42. The van der Waals surface area contributed by atoms with E-state index in [-0.39, 0.29) is 0 Å². The van der Waals surface area contributed by atoms with Crippen molar-refractivity contribution in [3.05, 3.63) is 35.9 Å². The summed E-state index contributed by atoms with van der Waals surface area (Å²) in [7, 11) is 0. The second-order valence-electron chi connectivity index (χ2n) is 4.36. The number of aliphatic carboxylic acids is 1. The fourth-order valence-electron chi connectivity index (χ4n) is 2.05.